The normalized spacial score (nSPS) is 19.1. The number of ether oxygens (including phenoxy) is 2. The molecule has 13 heteroatoms. The molecular weight excluding hydrogens is 641 g/mol. The third-order valence-corrected chi connectivity index (χ3v) is 9.64. The first-order chi connectivity index (χ1) is 23.1. The van der Waals surface area contributed by atoms with Crippen LogP contribution in [0.5, 0.6) is 11.5 Å². The smallest absolute Gasteiger partial charge is 0.497 e. The molecule has 1 aliphatic heterocycles. The van der Waals surface area contributed by atoms with Crippen LogP contribution >= 0.6 is 11.8 Å². The summed E-state index contributed by atoms with van der Waals surface area (Å²) < 4.78 is 48.4. The second kappa shape index (κ2) is 14.3. The molecule has 3 aromatic carbocycles. The molecule has 252 valence electrons. The molecule has 2 aliphatic rings. The van der Waals surface area contributed by atoms with Crippen LogP contribution < -0.4 is 19.7 Å². The van der Waals surface area contributed by atoms with Crippen LogP contribution in [0.1, 0.15) is 62.5 Å². The number of halogens is 3. The minimum absolute atomic E-state index is 0.0383. The molecule has 2 fully saturated rings. The summed E-state index contributed by atoms with van der Waals surface area (Å²) in [6, 6.07) is 19.1. The average molecular weight is 679 g/mol. The molecule has 4 aromatic rings. The Hall–Kier alpha value is -4.52. The van der Waals surface area contributed by atoms with Gasteiger partial charge in [0, 0.05) is 35.5 Å². The largest absolute Gasteiger partial charge is 0.573 e. The maximum atomic E-state index is 13.3. The van der Waals surface area contributed by atoms with E-state index < -0.39 is 6.36 Å². The van der Waals surface area contributed by atoms with Gasteiger partial charge in [-0.25, -0.2) is 14.5 Å². The monoisotopic (exact) mass is 678 g/mol. The molecule has 9 nitrogen and oxygen atoms in total. The highest BCUT2D eigenvalue weighted by molar-refractivity contribution is 8.14. The van der Waals surface area contributed by atoms with E-state index in [1.165, 1.54) is 35.3 Å². The first-order valence-corrected chi connectivity index (χ1v) is 16.9. The van der Waals surface area contributed by atoms with E-state index in [1.54, 1.807) is 18.9 Å². The van der Waals surface area contributed by atoms with Crippen molar-refractivity contribution in [3.8, 4) is 28.6 Å². The molecule has 1 aromatic heterocycles. The number of hydrogen-bond donors (Lipinski definition) is 1. The Bertz CT molecular complexity index is 1760. The van der Waals surface area contributed by atoms with Crippen molar-refractivity contribution < 1.29 is 27.4 Å². The number of aliphatic imine (C=N–C) groups is 1. The van der Waals surface area contributed by atoms with Crippen LogP contribution in [0.3, 0.4) is 0 Å². The van der Waals surface area contributed by atoms with Gasteiger partial charge in [-0.3, -0.25) is 0 Å². The Balaban J connectivity index is 1.12. The van der Waals surface area contributed by atoms with Gasteiger partial charge in [0.25, 0.3) is 0 Å². The molecule has 2 heterocycles. The summed E-state index contributed by atoms with van der Waals surface area (Å²) in [5.74, 6) is 2.31. The Kier molecular flexibility index (Phi) is 9.95. The zero-order valence-corrected chi connectivity index (χ0v) is 27.7. The molecule has 6 rings (SSSR count). The summed E-state index contributed by atoms with van der Waals surface area (Å²) in [6.07, 6.45) is 0.577. The van der Waals surface area contributed by atoms with Crippen molar-refractivity contribution in [3.63, 3.8) is 0 Å². The second-order valence-electron chi connectivity index (χ2n) is 12.1. The number of nitrogens with zero attached hydrogens (tertiary/aromatic N) is 5. The number of thioether (sulfide) groups is 1. The van der Waals surface area contributed by atoms with Crippen LogP contribution in [0.25, 0.3) is 17.1 Å². The predicted molar refractivity (Wildman–Crippen MR) is 181 cm³/mol. The number of urea groups is 1. The minimum Gasteiger partial charge on any atom is -0.497 e. The number of alkyl halides is 3. The Morgan fingerprint density at radius 1 is 1.02 bits per heavy atom. The quantitative estimate of drug-likeness (QED) is 0.200. The molecular formula is C35H37F3N6O3S. The molecule has 1 N–H and O–H groups in total. The van der Waals surface area contributed by atoms with Gasteiger partial charge in [0.15, 0.2) is 11.0 Å². The number of aromatic nitrogens is 3. The highest BCUT2D eigenvalue weighted by Crippen LogP contribution is 2.37. The van der Waals surface area contributed by atoms with Crippen LogP contribution in [0, 0.1) is 0 Å². The van der Waals surface area contributed by atoms with Gasteiger partial charge in [0.05, 0.1) is 12.8 Å². The van der Waals surface area contributed by atoms with Gasteiger partial charge in [-0.1, -0.05) is 56.3 Å². The Labute approximate surface area is 281 Å². The van der Waals surface area contributed by atoms with Crippen LogP contribution in [-0.2, 0) is 0 Å². The third-order valence-electron chi connectivity index (χ3n) is 8.58. The molecule has 1 aliphatic carbocycles. The highest BCUT2D eigenvalue weighted by Gasteiger charge is 2.32. The van der Waals surface area contributed by atoms with E-state index in [4.69, 9.17) is 4.74 Å². The van der Waals surface area contributed by atoms with Gasteiger partial charge in [-0.05, 0) is 78.8 Å². The van der Waals surface area contributed by atoms with E-state index in [-0.39, 0.29) is 29.7 Å². The molecule has 1 saturated carbocycles. The summed E-state index contributed by atoms with van der Waals surface area (Å²) in [6.45, 7) is 5.09. The maximum absolute atomic E-state index is 13.3. The fourth-order valence-corrected chi connectivity index (χ4v) is 7.20. The van der Waals surface area contributed by atoms with Crippen LogP contribution in [0.15, 0.2) is 78.0 Å². The second-order valence-corrected chi connectivity index (χ2v) is 13.2. The number of amides is 2. The summed E-state index contributed by atoms with van der Waals surface area (Å²) in [4.78, 5) is 24.5. The zero-order valence-electron chi connectivity index (χ0n) is 26.9. The number of hydrogen-bond acceptors (Lipinski definition) is 6. The van der Waals surface area contributed by atoms with Gasteiger partial charge in [-0.15, -0.1) is 18.3 Å². The van der Waals surface area contributed by atoms with Gasteiger partial charge in [0.1, 0.15) is 17.8 Å². The number of rotatable bonds is 8. The average Bonchev–Trinajstić information content (AvgIpc) is 3.75. The van der Waals surface area contributed by atoms with Gasteiger partial charge >= 0.3 is 12.4 Å². The van der Waals surface area contributed by atoms with Gasteiger partial charge < -0.3 is 19.7 Å². The summed E-state index contributed by atoms with van der Waals surface area (Å²) in [5.41, 5.74) is 4.67. The number of nitrogens with one attached hydrogen (secondary N) is 1. The molecule has 2 unspecified atom stereocenters. The fraction of sp³-hybridized carbons (Fsp3) is 0.371. The number of amidine groups is 1. The zero-order chi connectivity index (χ0) is 33.8. The minimum atomic E-state index is -4.75. The van der Waals surface area contributed by atoms with Crippen LogP contribution in [0.4, 0.5) is 23.7 Å². The van der Waals surface area contributed by atoms with E-state index in [9.17, 15) is 18.0 Å². The highest BCUT2D eigenvalue weighted by atomic mass is 32.2. The van der Waals surface area contributed by atoms with Gasteiger partial charge in [0.2, 0.25) is 0 Å². The lowest BCUT2D eigenvalue weighted by Crippen LogP contribution is -2.39. The van der Waals surface area contributed by atoms with E-state index in [0.717, 1.165) is 66.1 Å². The lowest BCUT2D eigenvalue weighted by atomic mass is 9.93. The van der Waals surface area contributed by atoms with E-state index in [1.807, 2.05) is 30.3 Å². The van der Waals surface area contributed by atoms with Crippen molar-refractivity contribution in [1.82, 2.24) is 20.1 Å². The van der Waals surface area contributed by atoms with Crippen molar-refractivity contribution in [2.24, 2.45) is 4.99 Å². The van der Waals surface area contributed by atoms with Crippen LogP contribution in [0.2, 0.25) is 0 Å². The van der Waals surface area contributed by atoms with Crippen molar-refractivity contribution in [1.29, 1.82) is 0 Å². The van der Waals surface area contributed by atoms with Gasteiger partial charge in [-0.2, -0.15) is 4.99 Å². The summed E-state index contributed by atoms with van der Waals surface area (Å²) in [5, 5.41) is 8.41. The predicted octanol–water partition coefficient (Wildman–Crippen LogP) is 8.31. The van der Waals surface area contributed by atoms with Crippen LogP contribution in [-0.4, -0.2) is 57.8 Å². The van der Waals surface area contributed by atoms with E-state index >= 15 is 0 Å². The third kappa shape index (κ3) is 7.78. The molecule has 0 spiro atoms. The molecule has 2 atom stereocenters. The molecule has 0 radical (unpaired) electrons. The number of carbonyl (C=O) groups is 1. The van der Waals surface area contributed by atoms with Crippen molar-refractivity contribution in [3.05, 3.63) is 84.2 Å². The van der Waals surface area contributed by atoms with E-state index in [0.29, 0.717) is 16.7 Å². The standard InChI is InChI=1S/C35H37F3N6O3S/c1-22(2)29-20-27(46-3)16-17-31(29)43-18-5-19-48-34(43)41-33(45)40-30-7-4-6-28(30)23-8-10-24(11-9-23)32-39-21-44(42-32)25-12-14-26(15-13-25)47-35(36,37)38/h8-17,20-22,28,30H,4-7,18-19H2,1-3H3,(H,40,45). The first-order valence-electron chi connectivity index (χ1n) is 15.9. The summed E-state index contributed by atoms with van der Waals surface area (Å²) in [7, 11) is 1.67. The lowest BCUT2D eigenvalue weighted by Gasteiger charge is -2.32. The maximum Gasteiger partial charge on any atom is 0.573 e. The number of methoxy groups -OCH3 is 1. The topological polar surface area (TPSA) is 93.9 Å². The molecule has 2 amide bonds. The summed E-state index contributed by atoms with van der Waals surface area (Å²) >= 11 is 1.61. The van der Waals surface area contributed by atoms with E-state index in [2.05, 4.69) is 56.0 Å². The number of benzene rings is 3. The fourth-order valence-electron chi connectivity index (χ4n) is 6.25. The SMILES string of the molecule is COc1ccc(N2CCCSC2=NC(=O)NC2CCCC2c2ccc(-c3ncn(-c4ccc(OC(F)(F)F)cc4)n3)cc2)c(C(C)C)c1. The number of carbonyl (C=O) groups excluding carboxylic acids is 1. The van der Waals surface area contributed by atoms with Crippen molar-refractivity contribution >= 4 is 28.6 Å². The van der Waals surface area contributed by atoms with Crippen molar-refractivity contribution in [2.75, 3.05) is 24.3 Å². The van der Waals surface area contributed by atoms with Crippen molar-refractivity contribution in [2.45, 2.75) is 63.8 Å². The molecule has 48 heavy (non-hydrogen) atoms. The first kappa shape index (κ1) is 33.4. The number of anilines is 1. The Morgan fingerprint density at radius 2 is 1.77 bits per heavy atom. The molecule has 1 saturated heterocycles. The molecule has 0 bridgehead atoms. The lowest BCUT2D eigenvalue weighted by molar-refractivity contribution is -0.274. The Morgan fingerprint density at radius 3 is 2.48 bits per heavy atom.